The molecule has 1 fully saturated rings. The van der Waals surface area contributed by atoms with Crippen LogP contribution >= 0.6 is 0 Å². The summed E-state index contributed by atoms with van der Waals surface area (Å²) >= 11 is 0. The number of aromatic amines is 1. The summed E-state index contributed by atoms with van der Waals surface area (Å²) < 4.78 is 0. The smallest absolute Gasteiger partial charge is 0.371 e. The number of aromatic carboxylic acids is 1. The Morgan fingerprint density at radius 2 is 2.00 bits per heavy atom. The predicted molar refractivity (Wildman–Crippen MR) is 56.0 cm³/mol. The van der Waals surface area contributed by atoms with Crippen LogP contribution in [0.4, 0.5) is 0 Å². The van der Waals surface area contributed by atoms with Gasteiger partial charge in [0, 0.05) is 17.8 Å². The van der Waals surface area contributed by atoms with Gasteiger partial charge in [0.25, 0.3) is 0 Å². The van der Waals surface area contributed by atoms with E-state index < -0.39 is 5.97 Å². The van der Waals surface area contributed by atoms with E-state index in [0.29, 0.717) is 5.92 Å². The molecule has 1 aromatic rings. The number of carbonyl (C=O) groups is 1. The van der Waals surface area contributed by atoms with Crippen LogP contribution in [0.15, 0.2) is 6.20 Å². The number of nitrogens with zero attached hydrogens (tertiary/aromatic N) is 1. The zero-order valence-electron chi connectivity index (χ0n) is 8.70. The van der Waals surface area contributed by atoms with Gasteiger partial charge in [-0.05, 0) is 12.8 Å². The largest absolute Gasteiger partial charge is 0.475 e. The van der Waals surface area contributed by atoms with E-state index in [1.807, 2.05) is 0 Å². The number of imidazole rings is 1. The number of aromatic nitrogens is 2. The third-order valence-electron chi connectivity index (χ3n) is 3.09. The maximum absolute atomic E-state index is 10.7. The Balaban J connectivity index is 2.10. The molecule has 2 N–H and O–H groups in total. The van der Waals surface area contributed by atoms with E-state index in [9.17, 15) is 4.79 Å². The minimum atomic E-state index is -0.977. The highest BCUT2D eigenvalue weighted by Gasteiger charge is 2.17. The Morgan fingerprint density at radius 3 is 2.53 bits per heavy atom. The van der Waals surface area contributed by atoms with Gasteiger partial charge in [0.1, 0.15) is 0 Å². The number of carboxylic acid groups (broad SMARTS) is 1. The second kappa shape index (κ2) is 4.47. The third kappa shape index (κ3) is 2.37. The van der Waals surface area contributed by atoms with Crippen LogP contribution in [0.5, 0.6) is 0 Å². The molecular formula is C11H16N2O2. The minimum Gasteiger partial charge on any atom is -0.475 e. The van der Waals surface area contributed by atoms with Crippen LogP contribution in [-0.4, -0.2) is 21.0 Å². The first kappa shape index (κ1) is 10.2. The van der Waals surface area contributed by atoms with Gasteiger partial charge in [-0.2, -0.15) is 0 Å². The average molecular weight is 208 g/mol. The van der Waals surface area contributed by atoms with Gasteiger partial charge >= 0.3 is 5.97 Å². The van der Waals surface area contributed by atoms with Crippen molar-refractivity contribution in [3.63, 3.8) is 0 Å². The Kier molecular flexibility index (Phi) is 3.04. The van der Waals surface area contributed by atoms with Gasteiger partial charge in [-0.3, -0.25) is 0 Å². The third-order valence-corrected chi connectivity index (χ3v) is 3.09. The average Bonchev–Trinajstić information content (AvgIpc) is 2.55. The standard InChI is InChI=1S/C11H16N2O2/c14-11(15)10-12-7-9(13-10)8-5-3-1-2-4-6-8/h7-8H,1-6H2,(H,12,13)(H,14,15). The Labute approximate surface area is 88.7 Å². The fourth-order valence-corrected chi connectivity index (χ4v) is 2.24. The van der Waals surface area contributed by atoms with E-state index in [1.165, 1.54) is 25.7 Å². The summed E-state index contributed by atoms with van der Waals surface area (Å²) in [6.07, 6.45) is 9.08. The molecule has 0 amide bonds. The van der Waals surface area contributed by atoms with Crippen molar-refractivity contribution in [3.8, 4) is 0 Å². The molecule has 0 aromatic carbocycles. The van der Waals surface area contributed by atoms with Gasteiger partial charge in [0.2, 0.25) is 5.82 Å². The van der Waals surface area contributed by atoms with Crippen molar-refractivity contribution in [3.05, 3.63) is 17.7 Å². The highest BCUT2D eigenvalue weighted by molar-refractivity contribution is 5.83. The zero-order chi connectivity index (χ0) is 10.7. The zero-order valence-corrected chi connectivity index (χ0v) is 8.70. The van der Waals surface area contributed by atoms with Crippen LogP contribution in [0.2, 0.25) is 0 Å². The molecule has 4 heteroatoms. The van der Waals surface area contributed by atoms with Gasteiger partial charge in [0.05, 0.1) is 0 Å². The van der Waals surface area contributed by atoms with Crippen molar-refractivity contribution in [2.24, 2.45) is 0 Å². The first-order chi connectivity index (χ1) is 7.27. The fourth-order valence-electron chi connectivity index (χ4n) is 2.24. The van der Waals surface area contributed by atoms with E-state index in [-0.39, 0.29) is 5.82 Å². The molecule has 0 saturated heterocycles. The second-order valence-electron chi connectivity index (χ2n) is 4.18. The lowest BCUT2D eigenvalue weighted by Crippen LogP contribution is -2.01. The van der Waals surface area contributed by atoms with E-state index in [2.05, 4.69) is 9.97 Å². The number of rotatable bonds is 2. The van der Waals surface area contributed by atoms with Gasteiger partial charge in [-0.15, -0.1) is 0 Å². The molecule has 1 aromatic heterocycles. The summed E-state index contributed by atoms with van der Waals surface area (Å²) in [7, 11) is 0. The Morgan fingerprint density at radius 1 is 1.33 bits per heavy atom. The lowest BCUT2D eigenvalue weighted by molar-refractivity contribution is 0.0684. The molecule has 4 nitrogen and oxygen atoms in total. The van der Waals surface area contributed by atoms with Crippen LogP contribution in [0.1, 0.15) is 60.8 Å². The van der Waals surface area contributed by atoms with Crippen molar-refractivity contribution in [1.82, 2.24) is 9.97 Å². The number of hydrogen-bond acceptors (Lipinski definition) is 2. The fraction of sp³-hybridized carbons (Fsp3) is 0.636. The first-order valence-electron chi connectivity index (χ1n) is 5.55. The SMILES string of the molecule is O=C(O)c1ncc(C2CCCCCC2)[nH]1. The number of nitrogens with one attached hydrogen (secondary N) is 1. The summed E-state index contributed by atoms with van der Waals surface area (Å²) in [5.74, 6) is -0.433. The van der Waals surface area contributed by atoms with Crippen LogP contribution in [-0.2, 0) is 0 Å². The van der Waals surface area contributed by atoms with E-state index >= 15 is 0 Å². The molecule has 1 aliphatic rings. The van der Waals surface area contributed by atoms with E-state index in [1.54, 1.807) is 6.20 Å². The molecule has 1 heterocycles. The molecule has 1 aliphatic carbocycles. The summed E-state index contributed by atoms with van der Waals surface area (Å²) in [5, 5.41) is 8.76. The first-order valence-corrected chi connectivity index (χ1v) is 5.55. The predicted octanol–water partition coefficient (Wildman–Crippen LogP) is 2.55. The number of carboxylic acids is 1. The Hall–Kier alpha value is -1.32. The summed E-state index contributed by atoms with van der Waals surface area (Å²) in [6, 6.07) is 0. The van der Waals surface area contributed by atoms with Crippen LogP contribution in [0, 0.1) is 0 Å². The molecule has 0 atom stereocenters. The molecule has 0 aliphatic heterocycles. The molecule has 0 bridgehead atoms. The summed E-state index contributed by atoms with van der Waals surface area (Å²) in [6.45, 7) is 0. The van der Waals surface area contributed by atoms with Gasteiger partial charge in [-0.1, -0.05) is 25.7 Å². The van der Waals surface area contributed by atoms with Crippen molar-refractivity contribution in [1.29, 1.82) is 0 Å². The van der Waals surface area contributed by atoms with Crippen molar-refractivity contribution < 1.29 is 9.90 Å². The molecule has 15 heavy (non-hydrogen) atoms. The molecular weight excluding hydrogens is 192 g/mol. The van der Waals surface area contributed by atoms with E-state index in [0.717, 1.165) is 18.5 Å². The van der Waals surface area contributed by atoms with Gasteiger partial charge in [0.15, 0.2) is 0 Å². The van der Waals surface area contributed by atoms with Crippen LogP contribution in [0.25, 0.3) is 0 Å². The van der Waals surface area contributed by atoms with E-state index in [4.69, 9.17) is 5.11 Å². The van der Waals surface area contributed by atoms with Crippen LogP contribution in [0.3, 0.4) is 0 Å². The molecule has 0 unspecified atom stereocenters. The van der Waals surface area contributed by atoms with Crippen LogP contribution < -0.4 is 0 Å². The molecule has 0 spiro atoms. The lowest BCUT2D eigenvalue weighted by Gasteiger charge is -2.10. The van der Waals surface area contributed by atoms with Crippen molar-refractivity contribution in [2.75, 3.05) is 0 Å². The highest BCUT2D eigenvalue weighted by Crippen LogP contribution is 2.30. The van der Waals surface area contributed by atoms with Crippen molar-refractivity contribution in [2.45, 2.75) is 44.4 Å². The molecule has 1 saturated carbocycles. The quantitative estimate of drug-likeness (QED) is 0.734. The lowest BCUT2D eigenvalue weighted by atomic mass is 9.97. The van der Waals surface area contributed by atoms with Crippen molar-refractivity contribution >= 4 is 5.97 Å². The second-order valence-corrected chi connectivity index (χ2v) is 4.18. The molecule has 2 rings (SSSR count). The minimum absolute atomic E-state index is 0.0641. The normalized spacial score (nSPS) is 18.7. The monoisotopic (exact) mass is 208 g/mol. The maximum atomic E-state index is 10.7. The maximum Gasteiger partial charge on any atom is 0.371 e. The Bertz CT molecular complexity index is 338. The summed E-state index contributed by atoms with van der Waals surface area (Å²) in [4.78, 5) is 17.4. The van der Waals surface area contributed by atoms with Gasteiger partial charge < -0.3 is 10.1 Å². The molecule has 82 valence electrons. The number of hydrogen-bond donors (Lipinski definition) is 2. The number of H-pyrrole nitrogens is 1. The highest BCUT2D eigenvalue weighted by atomic mass is 16.4. The topological polar surface area (TPSA) is 66.0 Å². The summed E-state index contributed by atoms with van der Waals surface area (Å²) in [5.41, 5.74) is 0.995. The van der Waals surface area contributed by atoms with Gasteiger partial charge in [-0.25, -0.2) is 9.78 Å². The molecule has 0 radical (unpaired) electrons.